The molecule has 1 saturated carbocycles. The van der Waals surface area contributed by atoms with Gasteiger partial charge in [-0.1, -0.05) is 19.8 Å². The first-order valence-corrected chi connectivity index (χ1v) is 7.76. The summed E-state index contributed by atoms with van der Waals surface area (Å²) >= 11 is 1.83. The highest BCUT2D eigenvalue weighted by Crippen LogP contribution is 2.43. The van der Waals surface area contributed by atoms with E-state index in [1.807, 2.05) is 18.4 Å². The Hall–Kier alpha value is -0.450. The second-order valence-corrected chi connectivity index (χ2v) is 6.19. The first-order valence-electron chi connectivity index (χ1n) is 6.94. The van der Waals surface area contributed by atoms with Crippen LogP contribution in [-0.4, -0.2) is 18.6 Å². The number of thiazole rings is 1. The van der Waals surface area contributed by atoms with Crippen LogP contribution in [0.3, 0.4) is 0 Å². The highest BCUT2D eigenvalue weighted by Gasteiger charge is 2.38. The molecule has 2 rings (SSSR count). The van der Waals surface area contributed by atoms with Gasteiger partial charge in [0.25, 0.3) is 0 Å². The fourth-order valence-corrected chi connectivity index (χ4v) is 3.87. The van der Waals surface area contributed by atoms with Gasteiger partial charge in [0.05, 0.1) is 5.69 Å². The highest BCUT2D eigenvalue weighted by atomic mass is 32.1. The molecule has 102 valence electrons. The van der Waals surface area contributed by atoms with Gasteiger partial charge in [-0.15, -0.1) is 11.3 Å². The molecule has 0 unspecified atom stereocenters. The smallest absolute Gasteiger partial charge is 0.125 e. The molecule has 1 aliphatic rings. The van der Waals surface area contributed by atoms with E-state index in [2.05, 4.69) is 19.2 Å². The number of hydrogen-bond donors (Lipinski definition) is 1. The molecule has 1 aromatic rings. The standard InChI is InChI=1S/C14H24N2OS/c1-4-9-15-10-12-11(2)16-13(18-12)14(17-3)7-5-6-8-14/h15H,4-10H2,1-3H3. The maximum Gasteiger partial charge on any atom is 0.125 e. The van der Waals surface area contributed by atoms with Crippen molar-refractivity contribution in [2.24, 2.45) is 0 Å². The van der Waals surface area contributed by atoms with Crippen LogP contribution in [0.2, 0.25) is 0 Å². The SMILES string of the molecule is CCCNCc1sc(C2(OC)CCCC2)nc1C. The molecule has 0 bridgehead atoms. The van der Waals surface area contributed by atoms with Crippen LogP contribution in [0.1, 0.15) is 54.6 Å². The van der Waals surface area contributed by atoms with Gasteiger partial charge in [0.2, 0.25) is 0 Å². The molecule has 0 atom stereocenters. The minimum atomic E-state index is -0.0849. The van der Waals surface area contributed by atoms with E-state index in [9.17, 15) is 0 Å². The Morgan fingerprint density at radius 3 is 2.72 bits per heavy atom. The highest BCUT2D eigenvalue weighted by molar-refractivity contribution is 7.11. The van der Waals surface area contributed by atoms with Gasteiger partial charge in [0, 0.05) is 18.5 Å². The normalized spacial score (nSPS) is 18.4. The average molecular weight is 268 g/mol. The number of ether oxygens (including phenoxy) is 1. The predicted octanol–water partition coefficient (Wildman–Crippen LogP) is 3.37. The minimum absolute atomic E-state index is 0.0849. The third kappa shape index (κ3) is 2.76. The molecule has 1 fully saturated rings. The van der Waals surface area contributed by atoms with Crippen LogP contribution in [0.4, 0.5) is 0 Å². The van der Waals surface area contributed by atoms with Crippen LogP contribution in [-0.2, 0) is 16.9 Å². The summed E-state index contributed by atoms with van der Waals surface area (Å²) in [4.78, 5) is 6.13. The molecule has 1 aromatic heterocycles. The van der Waals surface area contributed by atoms with Crippen molar-refractivity contribution in [1.29, 1.82) is 0 Å². The third-order valence-electron chi connectivity index (χ3n) is 3.80. The van der Waals surface area contributed by atoms with E-state index in [0.717, 1.165) is 25.9 Å². The molecule has 0 aliphatic heterocycles. The zero-order chi connectivity index (χ0) is 13.0. The summed E-state index contributed by atoms with van der Waals surface area (Å²) in [5, 5.41) is 4.64. The molecule has 0 spiro atoms. The molecular weight excluding hydrogens is 244 g/mol. The Morgan fingerprint density at radius 1 is 1.39 bits per heavy atom. The van der Waals surface area contributed by atoms with Crippen molar-refractivity contribution in [3.8, 4) is 0 Å². The van der Waals surface area contributed by atoms with Crippen LogP contribution >= 0.6 is 11.3 Å². The van der Waals surface area contributed by atoms with E-state index in [1.165, 1.54) is 34.8 Å². The largest absolute Gasteiger partial charge is 0.371 e. The number of hydrogen-bond acceptors (Lipinski definition) is 4. The van der Waals surface area contributed by atoms with Crippen molar-refractivity contribution in [2.45, 2.75) is 58.1 Å². The fourth-order valence-electron chi connectivity index (χ4n) is 2.62. The van der Waals surface area contributed by atoms with E-state index in [0.29, 0.717) is 0 Å². The summed E-state index contributed by atoms with van der Waals surface area (Å²) in [6, 6.07) is 0. The van der Waals surface area contributed by atoms with Crippen LogP contribution in [0, 0.1) is 6.92 Å². The van der Waals surface area contributed by atoms with Crippen molar-refractivity contribution in [3.63, 3.8) is 0 Å². The minimum Gasteiger partial charge on any atom is -0.371 e. The lowest BCUT2D eigenvalue weighted by molar-refractivity contribution is -0.00893. The summed E-state index contributed by atoms with van der Waals surface area (Å²) in [6.07, 6.45) is 5.94. The van der Waals surface area contributed by atoms with Gasteiger partial charge in [-0.05, 0) is 32.7 Å². The van der Waals surface area contributed by atoms with E-state index in [4.69, 9.17) is 9.72 Å². The van der Waals surface area contributed by atoms with E-state index >= 15 is 0 Å². The molecule has 1 N–H and O–H groups in total. The van der Waals surface area contributed by atoms with Crippen molar-refractivity contribution >= 4 is 11.3 Å². The Labute approximate surface area is 114 Å². The molecule has 0 amide bonds. The zero-order valence-electron chi connectivity index (χ0n) is 11.7. The second-order valence-electron chi connectivity index (χ2n) is 5.11. The van der Waals surface area contributed by atoms with E-state index in [1.54, 1.807) is 0 Å². The lowest BCUT2D eigenvalue weighted by atomic mass is 10.0. The molecule has 18 heavy (non-hydrogen) atoms. The second kappa shape index (κ2) is 6.13. The lowest BCUT2D eigenvalue weighted by Crippen LogP contribution is -2.24. The Balaban J connectivity index is 2.12. The summed E-state index contributed by atoms with van der Waals surface area (Å²) in [5.74, 6) is 0. The molecule has 0 aromatic carbocycles. The Bertz CT molecular complexity index is 383. The van der Waals surface area contributed by atoms with Gasteiger partial charge in [-0.3, -0.25) is 0 Å². The number of aromatic nitrogens is 1. The van der Waals surface area contributed by atoms with Gasteiger partial charge in [0.1, 0.15) is 10.6 Å². The van der Waals surface area contributed by atoms with Crippen molar-refractivity contribution in [1.82, 2.24) is 10.3 Å². The Morgan fingerprint density at radius 2 is 2.11 bits per heavy atom. The quantitative estimate of drug-likeness (QED) is 0.803. The number of rotatable bonds is 6. The number of methoxy groups -OCH3 is 1. The van der Waals surface area contributed by atoms with Crippen LogP contribution in [0.5, 0.6) is 0 Å². The van der Waals surface area contributed by atoms with Gasteiger partial charge in [-0.2, -0.15) is 0 Å². The summed E-state index contributed by atoms with van der Waals surface area (Å²) in [7, 11) is 1.83. The maximum absolute atomic E-state index is 5.81. The van der Waals surface area contributed by atoms with E-state index < -0.39 is 0 Å². The molecule has 0 saturated heterocycles. The zero-order valence-corrected chi connectivity index (χ0v) is 12.5. The molecule has 3 nitrogen and oxygen atoms in total. The Kier molecular flexibility index (Phi) is 4.76. The number of nitrogens with zero attached hydrogens (tertiary/aromatic N) is 1. The molecule has 1 aliphatic carbocycles. The predicted molar refractivity (Wildman–Crippen MR) is 76.0 cm³/mol. The van der Waals surface area contributed by atoms with Gasteiger partial charge < -0.3 is 10.1 Å². The van der Waals surface area contributed by atoms with Crippen molar-refractivity contribution in [2.75, 3.05) is 13.7 Å². The lowest BCUT2D eigenvalue weighted by Gasteiger charge is -2.24. The van der Waals surface area contributed by atoms with Crippen molar-refractivity contribution in [3.05, 3.63) is 15.6 Å². The number of aryl methyl sites for hydroxylation is 1. The summed E-state index contributed by atoms with van der Waals surface area (Å²) < 4.78 is 5.81. The topological polar surface area (TPSA) is 34.1 Å². The van der Waals surface area contributed by atoms with Crippen molar-refractivity contribution < 1.29 is 4.74 Å². The fraction of sp³-hybridized carbons (Fsp3) is 0.786. The van der Waals surface area contributed by atoms with Crippen LogP contribution in [0.25, 0.3) is 0 Å². The third-order valence-corrected chi connectivity index (χ3v) is 5.14. The first-order chi connectivity index (χ1) is 8.72. The van der Waals surface area contributed by atoms with Gasteiger partial charge in [-0.25, -0.2) is 4.98 Å². The summed E-state index contributed by atoms with van der Waals surface area (Å²) in [6.45, 7) is 6.32. The first kappa shape index (κ1) is 14.0. The van der Waals surface area contributed by atoms with Crippen LogP contribution < -0.4 is 5.32 Å². The average Bonchev–Trinajstić information content (AvgIpc) is 2.98. The maximum atomic E-state index is 5.81. The van der Waals surface area contributed by atoms with Crippen LogP contribution in [0.15, 0.2) is 0 Å². The molecule has 4 heteroatoms. The van der Waals surface area contributed by atoms with E-state index in [-0.39, 0.29) is 5.60 Å². The molecular formula is C14H24N2OS. The number of nitrogens with one attached hydrogen (secondary N) is 1. The van der Waals surface area contributed by atoms with Gasteiger partial charge >= 0.3 is 0 Å². The molecule has 1 heterocycles. The molecule has 0 radical (unpaired) electrons. The monoisotopic (exact) mass is 268 g/mol. The van der Waals surface area contributed by atoms with Gasteiger partial charge in [0.15, 0.2) is 0 Å². The summed E-state index contributed by atoms with van der Waals surface area (Å²) in [5.41, 5.74) is 1.08.